The second-order valence-corrected chi connectivity index (χ2v) is 7.17. The van der Waals surface area contributed by atoms with Crippen molar-refractivity contribution in [3.8, 4) is 0 Å². The highest BCUT2D eigenvalue weighted by atomic mass is 35.5. The van der Waals surface area contributed by atoms with Gasteiger partial charge in [0.2, 0.25) is 10.0 Å². The summed E-state index contributed by atoms with van der Waals surface area (Å²) in [5.74, 6) is 0.562. The lowest BCUT2D eigenvalue weighted by molar-refractivity contribution is 0.571. The number of hydrogen-bond donors (Lipinski definition) is 2. The lowest BCUT2D eigenvalue weighted by atomic mass is 10.0. The molecule has 0 amide bonds. The fourth-order valence-corrected chi connectivity index (χ4v) is 2.83. The molecule has 0 spiro atoms. The van der Waals surface area contributed by atoms with E-state index in [1.165, 1.54) is 0 Å². The molecule has 20 heavy (non-hydrogen) atoms. The van der Waals surface area contributed by atoms with Gasteiger partial charge in [0.25, 0.3) is 0 Å². The van der Waals surface area contributed by atoms with Crippen molar-refractivity contribution in [2.45, 2.75) is 44.6 Å². The molecule has 1 aromatic rings. The van der Waals surface area contributed by atoms with Gasteiger partial charge in [0.05, 0.1) is 4.90 Å². The van der Waals surface area contributed by atoms with Gasteiger partial charge < -0.3 is 5.73 Å². The van der Waals surface area contributed by atoms with Crippen LogP contribution in [0.15, 0.2) is 29.2 Å². The van der Waals surface area contributed by atoms with Gasteiger partial charge in [-0.3, -0.25) is 0 Å². The normalized spacial score (nSPS) is 13.1. The Bertz CT molecular complexity index is 484. The number of nitrogens with two attached hydrogens (primary N) is 1. The highest BCUT2D eigenvalue weighted by molar-refractivity contribution is 7.89. The fourth-order valence-electron chi connectivity index (χ4n) is 1.78. The van der Waals surface area contributed by atoms with Gasteiger partial charge in [-0.05, 0) is 43.4 Å². The Morgan fingerprint density at radius 2 is 1.70 bits per heavy atom. The van der Waals surface area contributed by atoms with Crippen molar-refractivity contribution in [2.75, 3.05) is 6.54 Å². The molecule has 0 bridgehead atoms. The van der Waals surface area contributed by atoms with E-state index in [1.807, 2.05) is 19.1 Å². The lowest BCUT2D eigenvalue weighted by Crippen LogP contribution is -2.29. The third-order valence-corrected chi connectivity index (χ3v) is 4.25. The summed E-state index contributed by atoms with van der Waals surface area (Å²) >= 11 is 0. The van der Waals surface area contributed by atoms with Crippen LogP contribution < -0.4 is 10.5 Å². The third kappa shape index (κ3) is 6.70. The fraction of sp³-hybridized carbons (Fsp3) is 0.571. The smallest absolute Gasteiger partial charge is 0.240 e. The molecule has 1 unspecified atom stereocenters. The molecule has 0 aromatic heterocycles. The van der Waals surface area contributed by atoms with Crippen molar-refractivity contribution < 1.29 is 8.42 Å². The van der Waals surface area contributed by atoms with Crippen LogP contribution in [0.2, 0.25) is 0 Å². The number of sulfonamides is 1. The van der Waals surface area contributed by atoms with Gasteiger partial charge >= 0.3 is 0 Å². The van der Waals surface area contributed by atoms with E-state index in [2.05, 4.69) is 18.6 Å². The predicted octanol–water partition coefficient (Wildman–Crippen LogP) is 2.32. The van der Waals surface area contributed by atoms with Crippen molar-refractivity contribution in [1.82, 2.24) is 4.72 Å². The first-order valence-electron chi connectivity index (χ1n) is 6.65. The highest BCUT2D eigenvalue weighted by Gasteiger charge is 2.13. The Morgan fingerprint density at radius 1 is 1.15 bits per heavy atom. The molecule has 3 N–H and O–H groups in total. The summed E-state index contributed by atoms with van der Waals surface area (Å²) in [5.41, 5.74) is 6.75. The van der Waals surface area contributed by atoms with Gasteiger partial charge in [-0.15, -0.1) is 12.4 Å². The van der Waals surface area contributed by atoms with E-state index in [0.29, 0.717) is 23.8 Å². The molecular formula is C14H25ClN2O2S. The first-order chi connectivity index (χ1) is 8.81. The van der Waals surface area contributed by atoms with Crippen molar-refractivity contribution in [1.29, 1.82) is 0 Å². The van der Waals surface area contributed by atoms with Crippen LogP contribution in [0.25, 0.3) is 0 Å². The predicted molar refractivity (Wildman–Crippen MR) is 85.7 cm³/mol. The average Bonchev–Trinajstić information content (AvgIpc) is 2.28. The summed E-state index contributed by atoms with van der Waals surface area (Å²) in [7, 11) is -3.41. The van der Waals surface area contributed by atoms with Crippen LogP contribution in [-0.2, 0) is 16.4 Å². The molecule has 1 rings (SSSR count). The van der Waals surface area contributed by atoms with Gasteiger partial charge in [0, 0.05) is 12.6 Å². The van der Waals surface area contributed by atoms with E-state index in [-0.39, 0.29) is 18.4 Å². The zero-order valence-corrected chi connectivity index (χ0v) is 13.9. The molecule has 1 aromatic carbocycles. The van der Waals surface area contributed by atoms with Crippen LogP contribution in [0.5, 0.6) is 0 Å². The summed E-state index contributed by atoms with van der Waals surface area (Å²) in [4.78, 5) is 0.310. The van der Waals surface area contributed by atoms with Crippen LogP contribution in [0.4, 0.5) is 0 Å². The Kier molecular flexibility index (Phi) is 8.35. The maximum absolute atomic E-state index is 12.0. The molecule has 1 atom stereocenters. The lowest BCUT2D eigenvalue weighted by Gasteiger charge is -2.09. The molecule has 0 aliphatic carbocycles. The second-order valence-electron chi connectivity index (χ2n) is 5.41. The minimum atomic E-state index is -3.41. The number of benzene rings is 1. The Hall–Kier alpha value is -0.620. The highest BCUT2D eigenvalue weighted by Crippen LogP contribution is 2.13. The SMILES string of the molecule is CC(C)Cc1ccc(S(=O)(=O)NCCC(C)N)cc1.Cl. The minimum Gasteiger partial charge on any atom is -0.328 e. The van der Waals surface area contributed by atoms with E-state index in [0.717, 1.165) is 12.0 Å². The largest absolute Gasteiger partial charge is 0.328 e. The average molecular weight is 321 g/mol. The Labute approximate surface area is 128 Å². The number of halogens is 1. The van der Waals surface area contributed by atoms with Crippen molar-refractivity contribution in [2.24, 2.45) is 11.7 Å². The van der Waals surface area contributed by atoms with Gasteiger partial charge in [0.1, 0.15) is 0 Å². The first kappa shape index (κ1) is 19.4. The monoisotopic (exact) mass is 320 g/mol. The Balaban J connectivity index is 0.00000361. The zero-order chi connectivity index (χ0) is 14.5. The topological polar surface area (TPSA) is 72.2 Å². The summed E-state index contributed by atoms with van der Waals surface area (Å²) in [6.45, 7) is 6.50. The summed E-state index contributed by atoms with van der Waals surface area (Å²) in [6.07, 6.45) is 1.59. The van der Waals surface area contributed by atoms with Gasteiger partial charge in [-0.25, -0.2) is 13.1 Å². The van der Waals surface area contributed by atoms with Crippen LogP contribution in [0.3, 0.4) is 0 Å². The van der Waals surface area contributed by atoms with Crippen molar-refractivity contribution in [3.05, 3.63) is 29.8 Å². The Morgan fingerprint density at radius 3 is 2.15 bits per heavy atom. The van der Waals surface area contributed by atoms with Crippen molar-refractivity contribution in [3.63, 3.8) is 0 Å². The van der Waals surface area contributed by atoms with Gasteiger partial charge in [-0.1, -0.05) is 26.0 Å². The van der Waals surface area contributed by atoms with E-state index in [4.69, 9.17) is 5.73 Å². The number of hydrogen-bond acceptors (Lipinski definition) is 3. The summed E-state index contributed by atoms with van der Waals surface area (Å²) in [6, 6.07) is 7.06. The van der Waals surface area contributed by atoms with E-state index in [9.17, 15) is 8.42 Å². The molecule has 0 radical (unpaired) electrons. The number of nitrogens with one attached hydrogen (secondary N) is 1. The minimum absolute atomic E-state index is 0. The van der Waals surface area contributed by atoms with E-state index < -0.39 is 10.0 Å². The van der Waals surface area contributed by atoms with Gasteiger partial charge in [0.15, 0.2) is 0 Å². The first-order valence-corrected chi connectivity index (χ1v) is 8.14. The van der Waals surface area contributed by atoms with Crippen LogP contribution in [0.1, 0.15) is 32.8 Å². The molecule has 0 aliphatic heterocycles. The molecule has 0 fully saturated rings. The van der Waals surface area contributed by atoms with Crippen LogP contribution >= 0.6 is 12.4 Å². The standard InChI is InChI=1S/C14H24N2O2S.ClH/c1-11(2)10-13-4-6-14(7-5-13)19(17,18)16-9-8-12(3)15;/h4-7,11-12,16H,8-10,15H2,1-3H3;1H. The maximum atomic E-state index is 12.0. The zero-order valence-electron chi connectivity index (χ0n) is 12.3. The number of rotatable bonds is 7. The molecule has 116 valence electrons. The summed E-state index contributed by atoms with van der Waals surface area (Å²) < 4.78 is 26.5. The van der Waals surface area contributed by atoms with Crippen LogP contribution in [0, 0.1) is 5.92 Å². The molecule has 0 heterocycles. The third-order valence-electron chi connectivity index (χ3n) is 2.77. The summed E-state index contributed by atoms with van der Waals surface area (Å²) in [5, 5.41) is 0. The van der Waals surface area contributed by atoms with E-state index >= 15 is 0 Å². The molecule has 6 heteroatoms. The molecule has 0 saturated carbocycles. The van der Waals surface area contributed by atoms with Crippen molar-refractivity contribution >= 4 is 22.4 Å². The van der Waals surface area contributed by atoms with E-state index in [1.54, 1.807) is 12.1 Å². The molecule has 4 nitrogen and oxygen atoms in total. The van der Waals surface area contributed by atoms with Crippen LogP contribution in [-0.4, -0.2) is 21.0 Å². The quantitative estimate of drug-likeness (QED) is 0.810. The molecule has 0 saturated heterocycles. The maximum Gasteiger partial charge on any atom is 0.240 e. The molecule has 0 aliphatic rings. The second kappa shape index (κ2) is 8.62. The van der Waals surface area contributed by atoms with Gasteiger partial charge in [-0.2, -0.15) is 0 Å². The molecular weight excluding hydrogens is 296 g/mol.